The van der Waals surface area contributed by atoms with Crippen LogP contribution in [0.4, 0.5) is 4.79 Å². The fourth-order valence-corrected chi connectivity index (χ4v) is 8.54. The average Bonchev–Trinajstić information content (AvgIpc) is 3.95. The van der Waals surface area contributed by atoms with Gasteiger partial charge in [0.05, 0.1) is 6.61 Å². The monoisotopic (exact) mass is 754 g/mol. The number of hydrogen-bond donors (Lipinski definition) is 0. The zero-order valence-corrected chi connectivity index (χ0v) is 35.7. The SMILES string of the molecule is C=CC(=O)C1CC1.CC(=O)C1CC1.CC(C)N1CCC(C(=O)C2CC2)C1.CC(C1CC1)C1CCN(C(C)C)C1.CCOC(=O)N1CCC(C(C)C2CC2)C1. The van der Waals surface area contributed by atoms with Gasteiger partial charge in [0.25, 0.3) is 0 Å². The fourth-order valence-electron chi connectivity index (χ4n) is 8.54. The highest BCUT2D eigenvalue weighted by molar-refractivity contribution is 5.92. The molecular weight excluding hydrogens is 675 g/mol. The third-order valence-corrected chi connectivity index (χ3v) is 13.6. The Kier molecular flexibility index (Phi) is 17.7. The van der Waals surface area contributed by atoms with Crippen LogP contribution in [-0.2, 0) is 19.1 Å². The van der Waals surface area contributed by atoms with E-state index >= 15 is 0 Å². The first-order chi connectivity index (χ1) is 25.7. The van der Waals surface area contributed by atoms with E-state index < -0.39 is 0 Å². The summed E-state index contributed by atoms with van der Waals surface area (Å²) in [5.74, 6) is 8.35. The summed E-state index contributed by atoms with van der Waals surface area (Å²) >= 11 is 0. The number of ketones is 3. The first-order valence-electron chi connectivity index (χ1n) is 22.3. The molecular formula is C46H79N3O5. The van der Waals surface area contributed by atoms with Crippen molar-refractivity contribution in [3.63, 3.8) is 0 Å². The third-order valence-electron chi connectivity index (χ3n) is 13.6. The molecule has 308 valence electrons. The molecule has 1 amide bonds. The van der Waals surface area contributed by atoms with Crippen LogP contribution >= 0.6 is 0 Å². The lowest BCUT2D eigenvalue weighted by Crippen LogP contribution is -2.30. The number of hydrogen-bond acceptors (Lipinski definition) is 7. The van der Waals surface area contributed by atoms with Gasteiger partial charge in [-0.2, -0.15) is 0 Å². The number of carbonyl (C=O) groups is 4. The van der Waals surface area contributed by atoms with Crippen LogP contribution in [-0.4, -0.2) is 96.1 Å². The van der Waals surface area contributed by atoms with E-state index in [4.69, 9.17) is 4.74 Å². The van der Waals surface area contributed by atoms with E-state index in [1.54, 1.807) is 6.92 Å². The van der Waals surface area contributed by atoms with Gasteiger partial charge in [-0.3, -0.25) is 14.4 Å². The van der Waals surface area contributed by atoms with Crippen LogP contribution in [0, 0.1) is 59.2 Å². The predicted octanol–water partition coefficient (Wildman–Crippen LogP) is 9.11. The van der Waals surface area contributed by atoms with Crippen molar-refractivity contribution in [1.29, 1.82) is 0 Å². The van der Waals surface area contributed by atoms with Crippen molar-refractivity contribution in [3.8, 4) is 0 Å². The Labute approximate surface area is 329 Å². The van der Waals surface area contributed by atoms with Gasteiger partial charge in [-0.05, 0) is 180 Å². The summed E-state index contributed by atoms with van der Waals surface area (Å²) < 4.78 is 5.02. The molecule has 0 bridgehead atoms. The summed E-state index contributed by atoms with van der Waals surface area (Å²) in [5, 5.41) is 0. The van der Waals surface area contributed by atoms with Crippen LogP contribution in [0.2, 0.25) is 0 Å². The molecule has 8 heteroatoms. The Morgan fingerprint density at radius 3 is 1.44 bits per heavy atom. The molecule has 3 heterocycles. The number of nitrogens with zero attached hydrogens (tertiary/aromatic N) is 3. The first-order valence-corrected chi connectivity index (χ1v) is 22.3. The van der Waals surface area contributed by atoms with E-state index in [0.29, 0.717) is 53.8 Å². The lowest BCUT2D eigenvalue weighted by molar-refractivity contribution is -0.123. The second-order valence-electron chi connectivity index (χ2n) is 18.7. The van der Waals surface area contributed by atoms with Gasteiger partial charge in [-0.15, -0.1) is 0 Å². The molecule has 5 atom stereocenters. The maximum atomic E-state index is 11.7. The van der Waals surface area contributed by atoms with Gasteiger partial charge in [-0.1, -0.05) is 20.4 Å². The van der Waals surface area contributed by atoms with E-state index in [1.807, 2.05) is 11.8 Å². The Bertz CT molecular complexity index is 1210. The highest BCUT2D eigenvalue weighted by Gasteiger charge is 2.40. The van der Waals surface area contributed by atoms with Crippen LogP contribution in [0.5, 0.6) is 0 Å². The molecule has 0 aromatic carbocycles. The summed E-state index contributed by atoms with van der Waals surface area (Å²) in [7, 11) is 0. The first kappa shape index (κ1) is 44.7. The second-order valence-corrected chi connectivity index (χ2v) is 18.7. The summed E-state index contributed by atoms with van der Waals surface area (Å²) in [5.41, 5.74) is 0. The smallest absolute Gasteiger partial charge is 0.409 e. The molecule has 3 aliphatic heterocycles. The third kappa shape index (κ3) is 15.1. The number of rotatable bonds is 12. The fraction of sp³-hybridized carbons (Fsp3) is 0.870. The number of allylic oxidation sites excluding steroid dienone is 1. The Hall–Kier alpha value is -2.06. The largest absolute Gasteiger partial charge is 0.450 e. The van der Waals surface area contributed by atoms with Crippen molar-refractivity contribution in [2.75, 3.05) is 45.9 Å². The molecule has 5 unspecified atom stereocenters. The van der Waals surface area contributed by atoms with Gasteiger partial charge >= 0.3 is 6.09 Å². The summed E-state index contributed by atoms with van der Waals surface area (Å²) in [6.45, 7) is 27.9. The molecule has 5 aliphatic carbocycles. The number of Topliss-reactive ketones (excluding diaryl/α,β-unsaturated/α-hetero) is 2. The van der Waals surface area contributed by atoms with E-state index in [0.717, 1.165) is 113 Å². The van der Waals surface area contributed by atoms with Crippen LogP contribution < -0.4 is 0 Å². The second kappa shape index (κ2) is 21.5. The van der Waals surface area contributed by atoms with Crippen LogP contribution in [0.3, 0.4) is 0 Å². The maximum Gasteiger partial charge on any atom is 0.409 e. The van der Waals surface area contributed by atoms with Crippen molar-refractivity contribution >= 4 is 23.4 Å². The summed E-state index contributed by atoms with van der Waals surface area (Å²) in [4.78, 5) is 50.8. The lowest BCUT2D eigenvalue weighted by atomic mass is 9.89. The molecule has 5 saturated carbocycles. The van der Waals surface area contributed by atoms with Crippen molar-refractivity contribution in [2.45, 2.75) is 151 Å². The maximum absolute atomic E-state index is 11.7. The zero-order chi connectivity index (χ0) is 39.5. The van der Waals surface area contributed by atoms with Gasteiger partial charge < -0.3 is 19.4 Å². The van der Waals surface area contributed by atoms with Crippen molar-refractivity contribution < 1.29 is 23.9 Å². The van der Waals surface area contributed by atoms with Gasteiger partial charge in [0, 0.05) is 61.9 Å². The van der Waals surface area contributed by atoms with Crippen molar-refractivity contribution in [2.24, 2.45) is 59.2 Å². The Morgan fingerprint density at radius 2 is 1.07 bits per heavy atom. The molecule has 8 fully saturated rings. The normalized spacial score (nSPS) is 27.6. The minimum atomic E-state index is -0.122. The summed E-state index contributed by atoms with van der Waals surface area (Å²) in [6.07, 6.45) is 17.6. The molecule has 0 aromatic heterocycles. The van der Waals surface area contributed by atoms with Gasteiger partial charge in [0.2, 0.25) is 0 Å². The Balaban J connectivity index is 0.000000156. The molecule has 8 aliphatic rings. The van der Waals surface area contributed by atoms with E-state index in [1.165, 1.54) is 51.3 Å². The van der Waals surface area contributed by atoms with Gasteiger partial charge in [-0.25, -0.2) is 4.79 Å². The minimum absolute atomic E-state index is 0.122. The quantitative estimate of drug-likeness (QED) is 0.184. The molecule has 54 heavy (non-hydrogen) atoms. The van der Waals surface area contributed by atoms with E-state index in [-0.39, 0.29) is 11.9 Å². The predicted molar refractivity (Wildman–Crippen MR) is 219 cm³/mol. The van der Waals surface area contributed by atoms with Crippen LogP contribution in [0.25, 0.3) is 0 Å². The number of carbonyl (C=O) groups excluding carboxylic acids is 4. The van der Waals surface area contributed by atoms with Gasteiger partial charge in [0.1, 0.15) is 11.6 Å². The minimum Gasteiger partial charge on any atom is -0.450 e. The van der Waals surface area contributed by atoms with Gasteiger partial charge in [0.15, 0.2) is 5.78 Å². The lowest BCUT2D eigenvalue weighted by Gasteiger charge is -2.22. The van der Waals surface area contributed by atoms with E-state index in [9.17, 15) is 19.2 Å². The summed E-state index contributed by atoms with van der Waals surface area (Å²) in [6, 6.07) is 1.37. The molecule has 0 spiro atoms. The highest BCUT2D eigenvalue weighted by Crippen LogP contribution is 2.44. The van der Waals surface area contributed by atoms with Crippen LogP contribution in [0.15, 0.2) is 12.7 Å². The highest BCUT2D eigenvalue weighted by atomic mass is 16.6. The molecule has 0 aromatic rings. The average molecular weight is 754 g/mol. The topological polar surface area (TPSA) is 87.2 Å². The molecule has 0 radical (unpaired) electrons. The molecule has 8 nitrogen and oxygen atoms in total. The standard InChI is InChI=1S/C12H21NO2.C12H23N.C11H19NO.C6H8O.C5H8O/c1-3-15-12(14)13-7-6-11(8-13)9(2)10-4-5-10;1-9(2)13-7-6-12(8-13)10(3)11-4-5-11;1-8(2)12-6-5-10(7-12)11(13)9-3-4-9;1-2-6(7)5-3-4-5;1-4(6)5-2-3-5/h9-11H,3-8H2,1-2H3;9-12H,4-8H2,1-3H3;8-10H,3-7H2,1-2H3;2,5H,1,3-4H2;5H,2-3H2,1H3. The number of ether oxygens (including phenoxy) is 1. The molecule has 8 rings (SSSR count). The van der Waals surface area contributed by atoms with Crippen molar-refractivity contribution in [3.05, 3.63) is 12.7 Å². The number of amides is 1. The number of likely N-dealkylation sites (tertiary alicyclic amines) is 3. The van der Waals surface area contributed by atoms with Crippen molar-refractivity contribution in [1.82, 2.24) is 14.7 Å². The Morgan fingerprint density at radius 1 is 0.593 bits per heavy atom. The zero-order valence-electron chi connectivity index (χ0n) is 35.7. The molecule has 0 N–H and O–H groups in total. The van der Waals surface area contributed by atoms with E-state index in [2.05, 4.69) is 57.9 Å². The van der Waals surface area contributed by atoms with Crippen LogP contribution in [0.1, 0.15) is 139 Å². The molecule has 3 saturated heterocycles.